The quantitative estimate of drug-likeness (QED) is 0.338. The van der Waals surface area contributed by atoms with Crippen LogP contribution < -0.4 is 0 Å². The summed E-state index contributed by atoms with van der Waals surface area (Å²) in [5, 5.41) is 0. The summed E-state index contributed by atoms with van der Waals surface area (Å²) in [4.78, 5) is 32.9. The average Bonchev–Trinajstić information content (AvgIpc) is 3.28. The number of hydrogen-bond donors (Lipinski definition) is 0. The molecule has 1 amide bonds. The van der Waals surface area contributed by atoms with Gasteiger partial charge in [-0.25, -0.2) is 4.98 Å². The summed E-state index contributed by atoms with van der Waals surface area (Å²) in [5.74, 6) is 0.667. The lowest BCUT2D eigenvalue weighted by atomic mass is 9.94. The van der Waals surface area contributed by atoms with Gasteiger partial charge in [0.25, 0.3) is 5.91 Å². The van der Waals surface area contributed by atoms with E-state index in [4.69, 9.17) is 4.42 Å². The number of rotatable bonds is 4. The van der Waals surface area contributed by atoms with Crippen LogP contribution in [0.5, 0.6) is 0 Å². The molecule has 0 spiro atoms. The number of oxazole rings is 1. The summed E-state index contributed by atoms with van der Waals surface area (Å²) in [6.07, 6.45) is 1.56. The van der Waals surface area contributed by atoms with Gasteiger partial charge >= 0.3 is 0 Å². The zero-order valence-corrected chi connectivity index (χ0v) is 18.9. The van der Waals surface area contributed by atoms with Gasteiger partial charge in [-0.1, -0.05) is 46.3 Å². The van der Waals surface area contributed by atoms with Crippen molar-refractivity contribution in [2.24, 2.45) is 0 Å². The van der Waals surface area contributed by atoms with Crippen LogP contribution in [0.15, 0.2) is 81.7 Å². The molecule has 4 aromatic rings. The van der Waals surface area contributed by atoms with Crippen LogP contribution >= 0.6 is 15.9 Å². The molecule has 0 radical (unpaired) electrons. The lowest BCUT2D eigenvalue weighted by molar-refractivity contribution is 0.0703. The minimum atomic E-state index is -0.150. The number of carbonyl (C=O) groups is 2. The van der Waals surface area contributed by atoms with Crippen molar-refractivity contribution >= 4 is 38.7 Å². The van der Waals surface area contributed by atoms with Crippen molar-refractivity contribution in [1.82, 2.24) is 9.88 Å². The Bertz CT molecular complexity index is 1250. The highest BCUT2D eigenvalue weighted by Gasteiger charge is 2.29. The molecule has 6 heteroatoms. The Morgan fingerprint density at radius 1 is 0.875 bits per heavy atom. The van der Waals surface area contributed by atoms with E-state index in [1.165, 1.54) is 0 Å². The SMILES string of the molecule is O=C(c1ccc(Br)cc1)c1ccccc1C(=O)N1CCC(c2nc3ccccc3o2)CC1. The molecule has 0 atom stereocenters. The predicted molar refractivity (Wildman–Crippen MR) is 126 cm³/mol. The molecule has 160 valence electrons. The van der Waals surface area contributed by atoms with Crippen molar-refractivity contribution in [2.45, 2.75) is 18.8 Å². The molecule has 0 unspecified atom stereocenters. The molecule has 5 rings (SSSR count). The third kappa shape index (κ3) is 3.98. The lowest BCUT2D eigenvalue weighted by Crippen LogP contribution is -2.38. The van der Waals surface area contributed by atoms with E-state index < -0.39 is 0 Å². The van der Waals surface area contributed by atoms with Crippen LogP contribution in [-0.4, -0.2) is 34.7 Å². The summed E-state index contributed by atoms with van der Waals surface area (Å²) in [6, 6.07) is 22.0. The molecular formula is C26H21BrN2O3. The smallest absolute Gasteiger partial charge is 0.254 e. The van der Waals surface area contributed by atoms with Crippen LogP contribution in [0.1, 0.15) is 50.9 Å². The van der Waals surface area contributed by atoms with E-state index in [-0.39, 0.29) is 17.6 Å². The fourth-order valence-corrected chi connectivity index (χ4v) is 4.45. The number of fused-ring (bicyclic) bond motifs is 1. The molecule has 1 aromatic heterocycles. The maximum Gasteiger partial charge on any atom is 0.254 e. The number of hydrogen-bond acceptors (Lipinski definition) is 4. The molecule has 0 N–H and O–H groups in total. The fraction of sp³-hybridized carbons (Fsp3) is 0.192. The summed E-state index contributed by atoms with van der Waals surface area (Å²) < 4.78 is 6.84. The minimum Gasteiger partial charge on any atom is -0.440 e. The van der Waals surface area contributed by atoms with Gasteiger partial charge in [0.2, 0.25) is 0 Å². The van der Waals surface area contributed by atoms with Crippen LogP contribution in [0.25, 0.3) is 11.1 Å². The van der Waals surface area contributed by atoms with Crippen LogP contribution in [0.4, 0.5) is 0 Å². The number of nitrogens with zero attached hydrogens (tertiary/aromatic N) is 2. The molecule has 32 heavy (non-hydrogen) atoms. The second kappa shape index (κ2) is 8.71. The fourth-order valence-electron chi connectivity index (χ4n) is 4.19. The minimum absolute atomic E-state index is 0.109. The highest BCUT2D eigenvalue weighted by atomic mass is 79.9. The maximum atomic E-state index is 13.3. The van der Waals surface area contributed by atoms with Crippen LogP contribution in [-0.2, 0) is 0 Å². The highest BCUT2D eigenvalue weighted by Crippen LogP contribution is 2.31. The molecule has 1 aliphatic heterocycles. The third-order valence-electron chi connectivity index (χ3n) is 5.95. The molecule has 0 aliphatic carbocycles. The number of aromatic nitrogens is 1. The molecule has 1 fully saturated rings. The van der Waals surface area contributed by atoms with Gasteiger partial charge in [0.15, 0.2) is 17.3 Å². The Morgan fingerprint density at radius 2 is 1.53 bits per heavy atom. The molecular weight excluding hydrogens is 468 g/mol. The van der Waals surface area contributed by atoms with Crippen molar-refractivity contribution in [1.29, 1.82) is 0 Å². The van der Waals surface area contributed by atoms with Gasteiger partial charge in [-0.15, -0.1) is 0 Å². The van der Waals surface area contributed by atoms with E-state index in [9.17, 15) is 9.59 Å². The number of ketones is 1. The van der Waals surface area contributed by atoms with Gasteiger partial charge in [-0.05, 0) is 55.3 Å². The standard InChI is InChI=1S/C26H21BrN2O3/c27-19-11-9-17(10-12-19)24(30)20-5-1-2-6-21(20)26(31)29-15-13-18(14-16-29)25-28-22-7-3-4-8-23(22)32-25/h1-12,18H,13-16H2. The first-order valence-electron chi connectivity index (χ1n) is 10.6. The Balaban J connectivity index is 1.32. The Kier molecular flexibility index (Phi) is 5.62. The van der Waals surface area contributed by atoms with Gasteiger partial charge in [0.05, 0.1) is 5.56 Å². The monoisotopic (exact) mass is 488 g/mol. The Morgan fingerprint density at radius 3 is 2.25 bits per heavy atom. The number of para-hydroxylation sites is 2. The number of halogens is 1. The zero-order valence-electron chi connectivity index (χ0n) is 17.3. The van der Waals surface area contributed by atoms with Gasteiger partial charge in [0, 0.05) is 34.6 Å². The summed E-state index contributed by atoms with van der Waals surface area (Å²) in [5.41, 5.74) is 3.09. The van der Waals surface area contributed by atoms with Crippen molar-refractivity contribution in [3.05, 3.63) is 99.9 Å². The largest absolute Gasteiger partial charge is 0.440 e. The van der Waals surface area contributed by atoms with Crippen molar-refractivity contribution < 1.29 is 14.0 Å². The number of benzene rings is 3. The molecule has 0 saturated carbocycles. The summed E-state index contributed by atoms with van der Waals surface area (Å²) >= 11 is 3.39. The summed E-state index contributed by atoms with van der Waals surface area (Å²) in [7, 11) is 0. The van der Waals surface area contributed by atoms with E-state index >= 15 is 0 Å². The zero-order chi connectivity index (χ0) is 22.1. The normalized spacial score (nSPS) is 14.6. The number of piperidine rings is 1. The maximum absolute atomic E-state index is 13.3. The number of carbonyl (C=O) groups excluding carboxylic acids is 2. The van der Waals surface area contributed by atoms with Crippen LogP contribution in [0.3, 0.4) is 0 Å². The van der Waals surface area contributed by atoms with E-state index in [1.807, 2.05) is 41.3 Å². The predicted octanol–water partition coefficient (Wildman–Crippen LogP) is 5.84. The molecule has 1 aliphatic rings. The lowest BCUT2D eigenvalue weighted by Gasteiger charge is -2.31. The van der Waals surface area contributed by atoms with Crippen LogP contribution in [0, 0.1) is 0 Å². The molecule has 3 aromatic carbocycles. The van der Waals surface area contributed by atoms with Crippen LogP contribution in [0.2, 0.25) is 0 Å². The molecule has 1 saturated heterocycles. The average molecular weight is 489 g/mol. The van der Waals surface area contributed by atoms with Gasteiger partial charge in [-0.2, -0.15) is 0 Å². The van der Waals surface area contributed by atoms with E-state index in [1.54, 1.807) is 36.4 Å². The van der Waals surface area contributed by atoms with Crippen molar-refractivity contribution in [2.75, 3.05) is 13.1 Å². The van der Waals surface area contributed by atoms with E-state index in [0.717, 1.165) is 34.3 Å². The number of amides is 1. The second-order valence-corrected chi connectivity index (χ2v) is 8.88. The van der Waals surface area contributed by atoms with Gasteiger partial charge in [0.1, 0.15) is 5.52 Å². The Labute approximate surface area is 194 Å². The molecule has 2 heterocycles. The number of likely N-dealkylation sites (tertiary alicyclic amines) is 1. The first-order valence-corrected chi connectivity index (χ1v) is 11.4. The Hall–Kier alpha value is -3.25. The second-order valence-electron chi connectivity index (χ2n) is 7.97. The topological polar surface area (TPSA) is 63.4 Å². The van der Waals surface area contributed by atoms with E-state index in [2.05, 4.69) is 20.9 Å². The first kappa shape index (κ1) is 20.6. The highest BCUT2D eigenvalue weighted by molar-refractivity contribution is 9.10. The van der Waals surface area contributed by atoms with Crippen molar-refractivity contribution in [3.8, 4) is 0 Å². The van der Waals surface area contributed by atoms with Gasteiger partial charge in [-0.3, -0.25) is 9.59 Å². The summed E-state index contributed by atoms with van der Waals surface area (Å²) in [6.45, 7) is 1.20. The molecule has 0 bridgehead atoms. The third-order valence-corrected chi connectivity index (χ3v) is 6.48. The van der Waals surface area contributed by atoms with E-state index in [0.29, 0.717) is 29.8 Å². The molecule has 5 nitrogen and oxygen atoms in total. The van der Waals surface area contributed by atoms with Gasteiger partial charge < -0.3 is 9.32 Å². The first-order chi connectivity index (χ1) is 15.6. The van der Waals surface area contributed by atoms with Crippen molar-refractivity contribution in [3.63, 3.8) is 0 Å².